The molecule has 3 rings (SSSR count). The summed E-state index contributed by atoms with van der Waals surface area (Å²) in [5, 5.41) is 5.20. The van der Waals surface area contributed by atoms with Gasteiger partial charge in [0.05, 0.1) is 0 Å². The van der Waals surface area contributed by atoms with E-state index >= 15 is 0 Å². The molecule has 0 aliphatic carbocycles. The van der Waals surface area contributed by atoms with Gasteiger partial charge in [-0.15, -0.1) is 0 Å². The van der Waals surface area contributed by atoms with Crippen LogP contribution < -0.4 is 4.46 Å². The van der Waals surface area contributed by atoms with Crippen molar-refractivity contribution in [1.82, 2.24) is 0 Å². The molecule has 0 nitrogen and oxygen atoms in total. The molecular weight excluding hydrogens is 247 g/mol. The van der Waals surface area contributed by atoms with Crippen LogP contribution in [-0.2, 0) is 0 Å². The van der Waals surface area contributed by atoms with Crippen molar-refractivity contribution in [2.24, 2.45) is 0 Å². The molecule has 0 saturated carbocycles. The van der Waals surface area contributed by atoms with Gasteiger partial charge in [0, 0.05) is 0 Å². The summed E-state index contributed by atoms with van der Waals surface area (Å²) < 4.78 is 1.25. The first-order valence-electron chi connectivity index (χ1n) is 4.94. The van der Waals surface area contributed by atoms with Crippen LogP contribution in [0.4, 0.5) is 0 Å². The molecule has 0 N–H and O–H groups in total. The Morgan fingerprint density at radius 2 is 1.13 bits per heavy atom. The Kier molecular flexibility index (Phi) is 2.02. The molecule has 3 aromatic rings. The summed E-state index contributed by atoms with van der Waals surface area (Å²) in [5.41, 5.74) is 0. The number of fused-ring (bicyclic) bond motifs is 2. The van der Waals surface area contributed by atoms with Gasteiger partial charge in [0.2, 0.25) is 0 Å². The molecule has 0 heterocycles. The van der Waals surface area contributed by atoms with E-state index in [4.69, 9.17) is 0 Å². The number of hydrogen-bond donors (Lipinski definition) is 0. The molecule has 15 heavy (non-hydrogen) atoms. The van der Waals surface area contributed by atoms with E-state index in [1.54, 1.807) is 0 Å². The number of rotatable bonds is 0. The van der Waals surface area contributed by atoms with Crippen molar-refractivity contribution in [3.63, 3.8) is 0 Å². The molecule has 0 bridgehead atoms. The van der Waals surface area contributed by atoms with E-state index in [1.807, 2.05) is 0 Å². The van der Waals surface area contributed by atoms with Gasteiger partial charge in [-0.3, -0.25) is 0 Å². The Labute approximate surface area is 96.7 Å². The summed E-state index contributed by atoms with van der Waals surface area (Å²) in [4.78, 5) is 0. The van der Waals surface area contributed by atoms with Crippen LogP contribution in [0.2, 0.25) is 0 Å². The van der Waals surface area contributed by atoms with Gasteiger partial charge >= 0.3 is 96.6 Å². The second kappa shape index (κ2) is 3.37. The normalized spacial score (nSPS) is 10.9. The third-order valence-corrected chi connectivity index (χ3v) is 3.64. The molecule has 0 unspecified atom stereocenters. The van der Waals surface area contributed by atoms with Crippen LogP contribution in [0, 0.1) is 0 Å². The quantitative estimate of drug-likeness (QED) is 0.428. The molecule has 0 aromatic heterocycles. The molecule has 72 valence electrons. The Balaban J connectivity index is 2.60. The fourth-order valence-electron chi connectivity index (χ4n) is 1.97. The van der Waals surface area contributed by atoms with Gasteiger partial charge in [0.25, 0.3) is 0 Å². The first-order valence-corrected chi connectivity index (χ1v) is 5.79. The fraction of sp³-hybridized carbons (Fsp3) is 0. The summed E-state index contributed by atoms with van der Waals surface area (Å²) in [6.45, 7) is 0. The molecule has 3 aromatic carbocycles. The Morgan fingerprint density at radius 3 is 1.67 bits per heavy atom. The molecule has 0 saturated heterocycles. The predicted octanol–water partition coefficient (Wildman–Crippen LogP) is 2.79. The minimum absolute atomic E-state index is 1.25. The van der Waals surface area contributed by atoms with Gasteiger partial charge in [0.1, 0.15) is 0 Å². The van der Waals surface area contributed by atoms with Crippen LogP contribution in [0.1, 0.15) is 0 Å². The van der Waals surface area contributed by atoms with Crippen LogP contribution in [0.5, 0.6) is 0 Å². The van der Waals surface area contributed by atoms with Crippen molar-refractivity contribution in [2.75, 3.05) is 0 Å². The van der Waals surface area contributed by atoms with E-state index in [1.165, 1.54) is 26.0 Å². The second-order valence-electron chi connectivity index (χ2n) is 3.65. The average molecular weight is 256 g/mol. The minimum atomic E-state index is 1.25. The maximum absolute atomic E-state index is 3.19. The van der Waals surface area contributed by atoms with Crippen molar-refractivity contribution >= 4 is 42.0 Å². The summed E-state index contributed by atoms with van der Waals surface area (Å²) in [6.07, 6.45) is 0. The predicted molar refractivity (Wildman–Crippen MR) is 66.8 cm³/mol. The summed E-state index contributed by atoms with van der Waals surface area (Å²) in [6, 6.07) is 19.2. The van der Waals surface area contributed by atoms with E-state index in [-0.39, 0.29) is 0 Å². The van der Waals surface area contributed by atoms with Crippen molar-refractivity contribution in [3.8, 4) is 0 Å². The summed E-state index contributed by atoms with van der Waals surface area (Å²) >= 11 is 3.19. The van der Waals surface area contributed by atoms with Crippen molar-refractivity contribution in [1.29, 1.82) is 0 Å². The Morgan fingerprint density at radius 1 is 0.667 bits per heavy atom. The summed E-state index contributed by atoms with van der Waals surface area (Å²) in [7, 11) is 0. The number of benzene rings is 3. The van der Waals surface area contributed by atoms with E-state index in [9.17, 15) is 0 Å². The van der Waals surface area contributed by atoms with E-state index in [0.29, 0.717) is 0 Å². The van der Waals surface area contributed by atoms with Gasteiger partial charge in [-0.05, 0) is 0 Å². The molecule has 0 atom stereocenters. The third kappa shape index (κ3) is 1.36. The monoisotopic (exact) mass is 257 g/mol. The first kappa shape index (κ1) is 8.96. The molecule has 0 spiro atoms. The molecule has 0 radical (unpaired) electrons. The first-order chi connectivity index (χ1) is 7.36. The van der Waals surface area contributed by atoms with Crippen molar-refractivity contribution in [2.45, 2.75) is 0 Å². The third-order valence-electron chi connectivity index (χ3n) is 2.72. The molecule has 1 heteroatoms. The van der Waals surface area contributed by atoms with Crippen LogP contribution in [0.15, 0.2) is 54.6 Å². The molecular formula is C14H9Se-. The van der Waals surface area contributed by atoms with E-state index in [2.05, 4.69) is 70.6 Å². The zero-order valence-corrected chi connectivity index (χ0v) is 9.82. The molecule has 0 aliphatic heterocycles. The van der Waals surface area contributed by atoms with Crippen LogP contribution in [0.25, 0.3) is 21.5 Å². The fourth-order valence-corrected chi connectivity index (χ4v) is 2.75. The second-order valence-corrected chi connectivity index (χ2v) is 4.50. The zero-order valence-electron chi connectivity index (χ0n) is 8.10. The summed E-state index contributed by atoms with van der Waals surface area (Å²) in [5.74, 6) is 0. The average Bonchev–Trinajstić information content (AvgIpc) is 2.30. The van der Waals surface area contributed by atoms with Crippen LogP contribution >= 0.6 is 0 Å². The SMILES string of the molecule is [Se-]c1c2ccccc2cc2ccccc12. The van der Waals surface area contributed by atoms with Crippen molar-refractivity contribution < 1.29 is 0 Å². The van der Waals surface area contributed by atoms with Crippen LogP contribution in [0.3, 0.4) is 0 Å². The standard InChI is InChI=1S/C14H10Se/c15-14-12-7-3-1-5-10(12)9-11-6-2-4-8-13(11)14/h1-9,15H/p-1. The molecule has 0 amide bonds. The molecule has 0 aliphatic rings. The van der Waals surface area contributed by atoms with Gasteiger partial charge in [-0.2, -0.15) is 0 Å². The van der Waals surface area contributed by atoms with Gasteiger partial charge in [0.15, 0.2) is 0 Å². The Hall–Kier alpha value is -1.30. The van der Waals surface area contributed by atoms with Crippen LogP contribution in [-0.4, -0.2) is 16.0 Å². The topological polar surface area (TPSA) is 0 Å². The van der Waals surface area contributed by atoms with Gasteiger partial charge in [-0.25, -0.2) is 0 Å². The van der Waals surface area contributed by atoms with Gasteiger partial charge in [-0.1, -0.05) is 0 Å². The van der Waals surface area contributed by atoms with Gasteiger partial charge < -0.3 is 0 Å². The van der Waals surface area contributed by atoms with Crippen molar-refractivity contribution in [3.05, 3.63) is 54.6 Å². The zero-order chi connectivity index (χ0) is 10.3. The van der Waals surface area contributed by atoms with E-state index < -0.39 is 0 Å². The van der Waals surface area contributed by atoms with E-state index in [0.717, 1.165) is 0 Å². The maximum atomic E-state index is 3.19. The number of hydrogen-bond acceptors (Lipinski definition) is 0. The molecule has 0 fully saturated rings. The Bertz CT molecular complexity index is 587.